The van der Waals surface area contributed by atoms with Gasteiger partial charge in [0.05, 0.1) is 11.7 Å². The smallest absolute Gasteiger partial charge is 0.237 e. The monoisotopic (exact) mass is 320 g/mol. The first kappa shape index (κ1) is 16.5. The number of nitrogens with one attached hydrogen (secondary N) is 2. The molecule has 1 saturated heterocycles. The number of para-hydroxylation sites is 1. The van der Waals surface area contributed by atoms with Crippen LogP contribution in [0.3, 0.4) is 0 Å². The lowest BCUT2D eigenvalue weighted by Gasteiger charge is -2.22. The normalized spacial score (nSPS) is 17.5. The minimum absolute atomic E-state index is 0. The summed E-state index contributed by atoms with van der Waals surface area (Å²) in [4.78, 5) is 12.2. The fraction of sp³-hybridized carbons (Fsp3) is 0.375. The van der Waals surface area contributed by atoms with Crippen molar-refractivity contribution in [3.8, 4) is 5.69 Å². The van der Waals surface area contributed by atoms with Crippen molar-refractivity contribution < 1.29 is 4.79 Å². The molecule has 118 valence electrons. The molecule has 0 bridgehead atoms. The molecule has 1 fully saturated rings. The molecule has 5 nitrogen and oxygen atoms in total. The summed E-state index contributed by atoms with van der Waals surface area (Å²) in [6, 6.07) is 9.83. The number of piperidine rings is 1. The van der Waals surface area contributed by atoms with Crippen LogP contribution in [0.15, 0.2) is 42.7 Å². The zero-order valence-electron chi connectivity index (χ0n) is 12.4. The molecule has 0 aliphatic carbocycles. The number of aromatic nitrogens is 2. The van der Waals surface area contributed by atoms with E-state index in [1.807, 2.05) is 41.2 Å². The summed E-state index contributed by atoms with van der Waals surface area (Å²) in [5, 5.41) is 10.6. The molecule has 2 N–H and O–H groups in total. The summed E-state index contributed by atoms with van der Waals surface area (Å²) in [7, 11) is 0. The number of carbonyl (C=O) groups excluding carboxylic acids is 1. The van der Waals surface area contributed by atoms with Crippen LogP contribution in [0.2, 0.25) is 0 Å². The predicted molar refractivity (Wildman–Crippen MR) is 88.3 cm³/mol. The Hall–Kier alpha value is -1.85. The summed E-state index contributed by atoms with van der Waals surface area (Å²) >= 11 is 0. The van der Waals surface area contributed by atoms with Crippen molar-refractivity contribution in [3.63, 3.8) is 0 Å². The summed E-state index contributed by atoms with van der Waals surface area (Å²) in [5.74, 6) is 0.0879. The lowest BCUT2D eigenvalue weighted by molar-refractivity contribution is -0.123. The van der Waals surface area contributed by atoms with Gasteiger partial charge >= 0.3 is 0 Å². The fourth-order valence-corrected chi connectivity index (χ4v) is 2.68. The maximum Gasteiger partial charge on any atom is 0.237 e. The predicted octanol–water partition coefficient (Wildman–Crippen LogP) is 2.05. The second-order valence-corrected chi connectivity index (χ2v) is 5.30. The highest BCUT2D eigenvalue weighted by atomic mass is 35.5. The van der Waals surface area contributed by atoms with Crippen molar-refractivity contribution in [2.75, 3.05) is 6.54 Å². The molecule has 6 heteroatoms. The average Bonchev–Trinajstić information content (AvgIpc) is 3.08. The molecule has 1 aliphatic heterocycles. The maximum atomic E-state index is 12.2. The number of hydrogen-bond donors (Lipinski definition) is 2. The molecular formula is C16H21ClN4O. The number of amides is 1. The lowest BCUT2D eigenvalue weighted by Crippen LogP contribution is -2.46. The Labute approximate surface area is 136 Å². The largest absolute Gasteiger partial charge is 0.351 e. The Morgan fingerprint density at radius 2 is 2.18 bits per heavy atom. The van der Waals surface area contributed by atoms with Crippen molar-refractivity contribution in [3.05, 3.63) is 48.3 Å². The molecule has 1 atom stereocenters. The van der Waals surface area contributed by atoms with E-state index in [1.54, 1.807) is 6.20 Å². The van der Waals surface area contributed by atoms with Crippen LogP contribution in [0.5, 0.6) is 0 Å². The van der Waals surface area contributed by atoms with Gasteiger partial charge in [0.1, 0.15) is 0 Å². The number of rotatable bonds is 4. The van der Waals surface area contributed by atoms with Crippen LogP contribution in [-0.2, 0) is 11.3 Å². The van der Waals surface area contributed by atoms with Gasteiger partial charge in [-0.1, -0.05) is 24.6 Å². The van der Waals surface area contributed by atoms with Crippen molar-refractivity contribution in [1.29, 1.82) is 0 Å². The van der Waals surface area contributed by atoms with Gasteiger partial charge < -0.3 is 10.6 Å². The highest BCUT2D eigenvalue weighted by Gasteiger charge is 2.20. The zero-order chi connectivity index (χ0) is 14.5. The van der Waals surface area contributed by atoms with Crippen molar-refractivity contribution in [2.45, 2.75) is 31.8 Å². The van der Waals surface area contributed by atoms with Crippen LogP contribution < -0.4 is 10.6 Å². The van der Waals surface area contributed by atoms with E-state index in [0.29, 0.717) is 6.54 Å². The minimum Gasteiger partial charge on any atom is -0.351 e. The number of nitrogens with zero attached hydrogens (tertiary/aromatic N) is 2. The molecular weight excluding hydrogens is 300 g/mol. The van der Waals surface area contributed by atoms with Gasteiger partial charge in [0.2, 0.25) is 5.91 Å². The Bertz CT molecular complexity index is 594. The molecule has 0 unspecified atom stereocenters. The van der Waals surface area contributed by atoms with E-state index >= 15 is 0 Å². The number of benzene rings is 1. The maximum absolute atomic E-state index is 12.2. The van der Waals surface area contributed by atoms with Crippen LogP contribution in [0.4, 0.5) is 0 Å². The van der Waals surface area contributed by atoms with E-state index in [-0.39, 0.29) is 24.4 Å². The summed E-state index contributed by atoms with van der Waals surface area (Å²) in [5.41, 5.74) is 2.06. The zero-order valence-corrected chi connectivity index (χ0v) is 13.2. The van der Waals surface area contributed by atoms with Gasteiger partial charge in [-0.05, 0) is 37.1 Å². The van der Waals surface area contributed by atoms with Gasteiger partial charge in [-0.2, -0.15) is 5.10 Å². The van der Waals surface area contributed by atoms with E-state index < -0.39 is 0 Å². The van der Waals surface area contributed by atoms with Gasteiger partial charge in [0, 0.05) is 18.9 Å². The third-order valence-corrected chi connectivity index (χ3v) is 3.82. The molecule has 1 amide bonds. The van der Waals surface area contributed by atoms with Crippen molar-refractivity contribution in [1.82, 2.24) is 20.4 Å². The highest BCUT2D eigenvalue weighted by Crippen LogP contribution is 2.13. The second-order valence-electron chi connectivity index (χ2n) is 5.30. The Morgan fingerprint density at radius 1 is 1.32 bits per heavy atom. The van der Waals surface area contributed by atoms with Gasteiger partial charge in [-0.15, -0.1) is 12.4 Å². The number of hydrogen-bond acceptors (Lipinski definition) is 3. The summed E-state index contributed by atoms with van der Waals surface area (Å²) in [6.45, 7) is 1.45. The third kappa shape index (κ3) is 3.87. The summed E-state index contributed by atoms with van der Waals surface area (Å²) in [6.07, 6.45) is 6.86. The standard InChI is InChI=1S/C16H20N4O.ClH/c21-16(14-7-3-4-9-17-14)18-12-13-6-1-2-8-15(13)20-11-5-10-19-20;/h1-2,5-6,8,10-11,14,17H,3-4,7,9,12H2,(H,18,21);1H/t14-;/m0./s1. The molecule has 1 aromatic heterocycles. The van der Waals surface area contributed by atoms with Crippen molar-refractivity contribution in [2.24, 2.45) is 0 Å². The highest BCUT2D eigenvalue weighted by molar-refractivity contribution is 5.85. The first-order valence-corrected chi connectivity index (χ1v) is 7.43. The molecule has 1 aliphatic rings. The quantitative estimate of drug-likeness (QED) is 0.906. The molecule has 3 rings (SSSR count). The van der Waals surface area contributed by atoms with Gasteiger partial charge in [-0.25, -0.2) is 4.68 Å². The molecule has 0 radical (unpaired) electrons. The first-order chi connectivity index (χ1) is 10.3. The van der Waals surface area contributed by atoms with Crippen molar-refractivity contribution >= 4 is 18.3 Å². The average molecular weight is 321 g/mol. The summed E-state index contributed by atoms with van der Waals surface area (Å²) < 4.78 is 1.82. The molecule has 0 spiro atoms. The Morgan fingerprint density at radius 3 is 2.91 bits per heavy atom. The van der Waals surface area contributed by atoms with E-state index in [4.69, 9.17) is 0 Å². The second kappa shape index (κ2) is 7.96. The fourth-order valence-electron chi connectivity index (χ4n) is 2.68. The first-order valence-electron chi connectivity index (χ1n) is 7.43. The molecule has 0 saturated carbocycles. The van der Waals surface area contributed by atoms with Crippen LogP contribution in [0.1, 0.15) is 24.8 Å². The third-order valence-electron chi connectivity index (χ3n) is 3.82. The number of carbonyl (C=O) groups is 1. The van der Waals surface area contributed by atoms with E-state index in [1.165, 1.54) is 0 Å². The van der Waals surface area contributed by atoms with E-state index in [9.17, 15) is 4.79 Å². The van der Waals surface area contributed by atoms with Crippen LogP contribution in [-0.4, -0.2) is 28.3 Å². The Kier molecular flexibility index (Phi) is 5.98. The Balaban J connectivity index is 0.00000176. The van der Waals surface area contributed by atoms with E-state index in [0.717, 1.165) is 37.1 Å². The molecule has 2 aromatic rings. The molecule has 1 aromatic carbocycles. The van der Waals surface area contributed by atoms with Gasteiger partial charge in [0.15, 0.2) is 0 Å². The minimum atomic E-state index is -0.0457. The number of halogens is 1. The molecule has 2 heterocycles. The molecule has 22 heavy (non-hydrogen) atoms. The topological polar surface area (TPSA) is 59.0 Å². The van der Waals surface area contributed by atoms with Crippen LogP contribution in [0, 0.1) is 0 Å². The van der Waals surface area contributed by atoms with Gasteiger partial charge in [0.25, 0.3) is 0 Å². The van der Waals surface area contributed by atoms with Crippen LogP contribution in [0.25, 0.3) is 5.69 Å². The SMILES string of the molecule is Cl.O=C(NCc1ccccc1-n1cccn1)[C@@H]1CCCCN1. The lowest BCUT2D eigenvalue weighted by atomic mass is 10.0. The van der Waals surface area contributed by atoms with Gasteiger partial charge in [-0.3, -0.25) is 4.79 Å². The van der Waals surface area contributed by atoms with E-state index in [2.05, 4.69) is 15.7 Å². The van der Waals surface area contributed by atoms with Crippen LogP contribution >= 0.6 is 12.4 Å².